The van der Waals surface area contributed by atoms with E-state index in [0.717, 1.165) is 22.6 Å². The number of benzene rings is 2. The molecule has 1 heterocycles. The lowest BCUT2D eigenvalue weighted by molar-refractivity contribution is 0.0774. The highest BCUT2D eigenvalue weighted by Crippen LogP contribution is 2.18. The molecule has 0 saturated heterocycles. The predicted octanol–water partition coefficient (Wildman–Crippen LogP) is 3.69. The zero-order valence-corrected chi connectivity index (χ0v) is 15.2. The summed E-state index contributed by atoms with van der Waals surface area (Å²) in [7, 11) is 3.73. The van der Waals surface area contributed by atoms with E-state index in [1.807, 2.05) is 48.9 Å². The van der Waals surface area contributed by atoms with Crippen LogP contribution < -0.4 is 4.74 Å². The minimum atomic E-state index is -0.0510. The van der Waals surface area contributed by atoms with Crippen molar-refractivity contribution in [3.05, 3.63) is 58.9 Å². The Morgan fingerprint density at radius 2 is 1.96 bits per heavy atom. The number of halogens is 1. The van der Waals surface area contributed by atoms with Gasteiger partial charge in [-0.2, -0.15) is 0 Å². The molecule has 6 heteroatoms. The number of fused-ring (bicyclic) bond motifs is 1. The molecule has 0 aliphatic carbocycles. The van der Waals surface area contributed by atoms with Crippen LogP contribution in [0.1, 0.15) is 16.2 Å². The number of rotatable bonds is 5. The van der Waals surface area contributed by atoms with E-state index >= 15 is 0 Å². The molecule has 130 valence electrons. The first-order chi connectivity index (χ1) is 12.0. The molecule has 0 atom stereocenters. The van der Waals surface area contributed by atoms with E-state index in [-0.39, 0.29) is 5.91 Å². The zero-order valence-electron chi connectivity index (χ0n) is 14.5. The maximum Gasteiger partial charge on any atom is 0.253 e. The lowest BCUT2D eigenvalue weighted by atomic mass is 10.2. The Balaban J connectivity index is 1.62. The lowest BCUT2D eigenvalue weighted by Gasteiger charge is -2.17. The smallest absolute Gasteiger partial charge is 0.253 e. The zero-order chi connectivity index (χ0) is 18.0. The highest BCUT2D eigenvalue weighted by atomic mass is 35.5. The summed E-state index contributed by atoms with van der Waals surface area (Å²) in [4.78, 5) is 18.7. The summed E-state index contributed by atoms with van der Waals surface area (Å²) in [5, 5.41) is 0.666. The third-order valence-corrected chi connectivity index (χ3v) is 4.46. The minimum Gasteiger partial charge on any atom is -0.492 e. The fourth-order valence-electron chi connectivity index (χ4n) is 2.61. The van der Waals surface area contributed by atoms with Crippen LogP contribution in [0, 0.1) is 6.92 Å². The standard InChI is InChI=1S/C19H20ClN3O2/c1-13-21-17-12-14(4-9-18(17)23(13)3)19(24)22(2)10-11-25-16-7-5-15(20)6-8-16/h4-9,12H,10-11H2,1-3H3. The van der Waals surface area contributed by atoms with Gasteiger partial charge in [-0.05, 0) is 49.4 Å². The van der Waals surface area contributed by atoms with E-state index in [4.69, 9.17) is 16.3 Å². The van der Waals surface area contributed by atoms with E-state index in [0.29, 0.717) is 23.7 Å². The summed E-state index contributed by atoms with van der Waals surface area (Å²) >= 11 is 5.84. The van der Waals surface area contributed by atoms with Gasteiger partial charge >= 0.3 is 0 Å². The van der Waals surface area contributed by atoms with Gasteiger partial charge in [-0.3, -0.25) is 4.79 Å². The first-order valence-electron chi connectivity index (χ1n) is 8.02. The maximum atomic E-state index is 12.6. The van der Waals surface area contributed by atoms with Crippen molar-refractivity contribution in [1.82, 2.24) is 14.5 Å². The van der Waals surface area contributed by atoms with Crippen molar-refractivity contribution in [2.75, 3.05) is 20.2 Å². The van der Waals surface area contributed by atoms with Crippen LogP contribution >= 0.6 is 11.6 Å². The molecular formula is C19H20ClN3O2. The molecule has 3 rings (SSSR count). The van der Waals surface area contributed by atoms with Crippen LogP contribution in [0.4, 0.5) is 0 Å². The van der Waals surface area contributed by atoms with Gasteiger partial charge in [-0.25, -0.2) is 4.98 Å². The van der Waals surface area contributed by atoms with Gasteiger partial charge in [0, 0.05) is 24.7 Å². The van der Waals surface area contributed by atoms with Gasteiger partial charge in [0.15, 0.2) is 0 Å². The molecule has 0 bridgehead atoms. The molecule has 1 amide bonds. The number of imidazole rings is 1. The van der Waals surface area contributed by atoms with Crippen molar-refractivity contribution in [3.8, 4) is 5.75 Å². The molecule has 5 nitrogen and oxygen atoms in total. The van der Waals surface area contributed by atoms with Gasteiger partial charge in [0.2, 0.25) is 0 Å². The number of aromatic nitrogens is 2. The van der Waals surface area contributed by atoms with Gasteiger partial charge in [0.25, 0.3) is 5.91 Å². The Morgan fingerprint density at radius 3 is 2.68 bits per heavy atom. The predicted molar refractivity (Wildman–Crippen MR) is 99.4 cm³/mol. The molecule has 1 aromatic heterocycles. The SMILES string of the molecule is Cc1nc2cc(C(=O)N(C)CCOc3ccc(Cl)cc3)ccc2n1C. The van der Waals surface area contributed by atoms with Crippen molar-refractivity contribution in [2.45, 2.75) is 6.92 Å². The fourth-order valence-corrected chi connectivity index (χ4v) is 2.73. The van der Waals surface area contributed by atoms with Crippen molar-refractivity contribution < 1.29 is 9.53 Å². The second-order valence-electron chi connectivity index (χ2n) is 5.95. The molecule has 0 unspecified atom stereocenters. The Kier molecular flexibility index (Phi) is 4.95. The highest BCUT2D eigenvalue weighted by Gasteiger charge is 2.14. The van der Waals surface area contributed by atoms with Crippen LogP contribution in [0.15, 0.2) is 42.5 Å². The third-order valence-electron chi connectivity index (χ3n) is 4.21. The Labute approximate surface area is 151 Å². The van der Waals surface area contributed by atoms with E-state index in [1.54, 1.807) is 24.1 Å². The monoisotopic (exact) mass is 357 g/mol. The minimum absolute atomic E-state index is 0.0510. The summed E-state index contributed by atoms with van der Waals surface area (Å²) in [5.41, 5.74) is 2.47. The second kappa shape index (κ2) is 7.15. The van der Waals surface area contributed by atoms with E-state index in [1.165, 1.54) is 0 Å². The number of hydrogen-bond donors (Lipinski definition) is 0. The molecule has 25 heavy (non-hydrogen) atoms. The van der Waals surface area contributed by atoms with Crippen LogP contribution in [0.25, 0.3) is 11.0 Å². The molecule has 0 fully saturated rings. The number of carbonyl (C=O) groups is 1. The van der Waals surface area contributed by atoms with E-state index < -0.39 is 0 Å². The second-order valence-corrected chi connectivity index (χ2v) is 6.39. The van der Waals surface area contributed by atoms with Gasteiger partial charge in [0.05, 0.1) is 17.6 Å². The number of aryl methyl sites for hydroxylation is 2. The Bertz CT molecular complexity index is 903. The summed E-state index contributed by atoms with van der Waals surface area (Å²) in [6.45, 7) is 2.84. The van der Waals surface area contributed by atoms with Crippen LogP contribution in [0.5, 0.6) is 5.75 Å². The Hall–Kier alpha value is -2.53. The van der Waals surface area contributed by atoms with Crippen molar-refractivity contribution >= 4 is 28.5 Å². The number of likely N-dealkylation sites (N-methyl/N-ethyl adjacent to an activating group) is 1. The van der Waals surface area contributed by atoms with Gasteiger partial charge in [-0.15, -0.1) is 0 Å². The van der Waals surface area contributed by atoms with Gasteiger partial charge < -0.3 is 14.2 Å². The Morgan fingerprint density at radius 1 is 1.24 bits per heavy atom. The topological polar surface area (TPSA) is 47.4 Å². The number of nitrogens with zero attached hydrogens (tertiary/aromatic N) is 3. The normalized spacial score (nSPS) is 10.9. The average molecular weight is 358 g/mol. The van der Waals surface area contributed by atoms with Crippen LogP contribution in [-0.2, 0) is 7.05 Å². The first kappa shape index (κ1) is 17.3. The highest BCUT2D eigenvalue weighted by molar-refractivity contribution is 6.30. The molecule has 0 radical (unpaired) electrons. The quantitative estimate of drug-likeness (QED) is 0.699. The van der Waals surface area contributed by atoms with Gasteiger partial charge in [-0.1, -0.05) is 11.6 Å². The van der Waals surface area contributed by atoms with E-state index in [9.17, 15) is 4.79 Å². The molecule has 0 N–H and O–H groups in total. The lowest BCUT2D eigenvalue weighted by Crippen LogP contribution is -2.30. The molecule has 0 aliphatic heterocycles. The summed E-state index contributed by atoms with van der Waals surface area (Å²) in [5.74, 6) is 1.60. The summed E-state index contributed by atoms with van der Waals surface area (Å²) in [6.07, 6.45) is 0. The largest absolute Gasteiger partial charge is 0.492 e. The van der Waals surface area contributed by atoms with Crippen LogP contribution in [0.3, 0.4) is 0 Å². The first-order valence-corrected chi connectivity index (χ1v) is 8.40. The van der Waals surface area contributed by atoms with Crippen molar-refractivity contribution in [3.63, 3.8) is 0 Å². The molecule has 0 saturated carbocycles. The van der Waals surface area contributed by atoms with Crippen molar-refractivity contribution in [1.29, 1.82) is 0 Å². The van der Waals surface area contributed by atoms with Crippen LogP contribution in [-0.4, -0.2) is 40.6 Å². The average Bonchev–Trinajstić information content (AvgIpc) is 2.89. The van der Waals surface area contributed by atoms with Gasteiger partial charge in [0.1, 0.15) is 18.2 Å². The fraction of sp³-hybridized carbons (Fsp3) is 0.263. The maximum absolute atomic E-state index is 12.6. The summed E-state index contributed by atoms with van der Waals surface area (Å²) < 4.78 is 7.65. The number of amides is 1. The van der Waals surface area contributed by atoms with Crippen LogP contribution in [0.2, 0.25) is 5.02 Å². The molecule has 0 spiro atoms. The summed E-state index contributed by atoms with van der Waals surface area (Å²) in [6, 6.07) is 12.8. The molecule has 3 aromatic rings. The molecular weight excluding hydrogens is 338 g/mol. The van der Waals surface area contributed by atoms with E-state index in [2.05, 4.69) is 4.98 Å². The molecule has 2 aromatic carbocycles. The van der Waals surface area contributed by atoms with Crippen molar-refractivity contribution in [2.24, 2.45) is 7.05 Å². The number of ether oxygens (including phenoxy) is 1. The number of carbonyl (C=O) groups excluding carboxylic acids is 1. The molecule has 0 aliphatic rings. The number of hydrogen-bond acceptors (Lipinski definition) is 3. The third kappa shape index (κ3) is 3.77.